The van der Waals surface area contributed by atoms with E-state index in [1.807, 2.05) is 6.92 Å². The molecule has 2 rings (SSSR count). The summed E-state index contributed by atoms with van der Waals surface area (Å²) in [5, 5.41) is 5.03. The Morgan fingerprint density at radius 3 is 2.72 bits per heavy atom. The molecule has 0 fully saturated rings. The lowest BCUT2D eigenvalue weighted by Crippen LogP contribution is -2.11. The van der Waals surface area contributed by atoms with Crippen molar-refractivity contribution in [3.8, 4) is 0 Å². The summed E-state index contributed by atoms with van der Waals surface area (Å²) in [6.45, 7) is 2.62. The molecular weight excluding hydrogens is 271 g/mol. The number of halogens is 2. The SMILES string of the molecule is CCn1nccc1C(=O)Cc1ccc(Cl)c(Cl)c1. The molecule has 0 saturated carbocycles. The Bertz CT molecular complexity index is 578. The molecule has 0 aliphatic carbocycles. The minimum absolute atomic E-state index is 0.0211. The first kappa shape index (κ1) is 13.1. The number of benzene rings is 1. The van der Waals surface area contributed by atoms with E-state index < -0.39 is 0 Å². The van der Waals surface area contributed by atoms with Gasteiger partial charge in [0.05, 0.1) is 10.0 Å². The van der Waals surface area contributed by atoms with Gasteiger partial charge in [-0.05, 0) is 30.7 Å². The van der Waals surface area contributed by atoms with Crippen molar-refractivity contribution in [2.75, 3.05) is 0 Å². The molecule has 0 radical (unpaired) electrons. The first-order valence-electron chi connectivity index (χ1n) is 5.60. The van der Waals surface area contributed by atoms with Gasteiger partial charge < -0.3 is 0 Å². The molecule has 1 aromatic heterocycles. The number of hydrogen-bond acceptors (Lipinski definition) is 2. The molecule has 0 bridgehead atoms. The third-order valence-electron chi connectivity index (χ3n) is 2.65. The third-order valence-corrected chi connectivity index (χ3v) is 3.39. The molecule has 3 nitrogen and oxygen atoms in total. The molecule has 0 spiro atoms. The lowest BCUT2D eigenvalue weighted by Gasteiger charge is -2.05. The van der Waals surface area contributed by atoms with E-state index in [1.165, 1.54) is 0 Å². The van der Waals surface area contributed by atoms with Crippen LogP contribution in [0.25, 0.3) is 0 Å². The summed E-state index contributed by atoms with van der Waals surface area (Å²) in [6.07, 6.45) is 1.92. The van der Waals surface area contributed by atoms with Crippen molar-refractivity contribution >= 4 is 29.0 Å². The van der Waals surface area contributed by atoms with Crippen LogP contribution in [-0.4, -0.2) is 15.6 Å². The second kappa shape index (κ2) is 5.55. The number of Topliss-reactive ketones (excluding diaryl/α,β-unsaturated/α-hetero) is 1. The van der Waals surface area contributed by atoms with Crippen LogP contribution >= 0.6 is 23.2 Å². The fourth-order valence-corrected chi connectivity index (χ4v) is 2.07. The Hall–Kier alpha value is -1.32. The van der Waals surface area contributed by atoms with Gasteiger partial charge in [0, 0.05) is 19.2 Å². The highest BCUT2D eigenvalue weighted by molar-refractivity contribution is 6.42. The van der Waals surface area contributed by atoms with E-state index >= 15 is 0 Å². The van der Waals surface area contributed by atoms with Crippen LogP contribution in [0.4, 0.5) is 0 Å². The lowest BCUT2D eigenvalue weighted by molar-refractivity contribution is 0.0983. The predicted molar refractivity (Wildman–Crippen MR) is 72.4 cm³/mol. The quantitative estimate of drug-likeness (QED) is 0.803. The monoisotopic (exact) mass is 282 g/mol. The highest BCUT2D eigenvalue weighted by Crippen LogP contribution is 2.23. The van der Waals surface area contributed by atoms with E-state index in [9.17, 15) is 4.79 Å². The average Bonchev–Trinajstić information content (AvgIpc) is 2.82. The molecular formula is C13H12Cl2N2O. The molecule has 2 aromatic rings. The van der Waals surface area contributed by atoms with Crippen molar-refractivity contribution in [2.45, 2.75) is 19.9 Å². The number of aryl methyl sites for hydroxylation is 1. The second-order valence-electron chi connectivity index (χ2n) is 3.88. The van der Waals surface area contributed by atoms with Gasteiger partial charge in [0.15, 0.2) is 5.78 Å². The first-order chi connectivity index (χ1) is 8.61. The summed E-state index contributed by atoms with van der Waals surface area (Å²) in [6, 6.07) is 6.94. The van der Waals surface area contributed by atoms with Gasteiger partial charge in [0.2, 0.25) is 0 Å². The van der Waals surface area contributed by atoms with E-state index in [-0.39, 0.29) is 5.78 Å². The summed E-state index contributed by atoms with van der Waals surface area (Å²) in [4.78, 5) is 12.1. The minimum Gasteiger partial charge on any atom is -0.292 e. The molecule has 0 atom stereocenters. The van der Waals surface area contributed by atoms with Gasteiger partial charge in [-0.15, -0.1) is 0 Å². The zero-order chi connectivity index (χ0) is 13.1. The highest BCUT2D eigenvalue weighted by atomic mass is 35.5. The van der Waals surface area contributed by atoms with Crippen LogP contribution in [-0.2, 0) is 13.0 Å². The van der Waals surface area contributed by atoms with Gasteiger partial charge in [-0.2, -0.15) is 5.10 Å². The van der Waals surface area contributed by atoms with E-state index in [0.717, 1.165) is 5.56 Å². The Kier molecular flexibility index (Phi) is 4.04. The van der Waals surface area contributed by atoms with Crippen LogP contribution < -0.4 is 0 Å². The largest absolute Gasteiger partial charge is 0.292 e. The standard InChI is InChI=1S/C13H12Cl2N2O/c1-2-17-12(5-6-16-17)13(18)8-9-3-4-10(14)11(15)7-9/h3-7H,2,8H2,1H3. The molecule has 0 amide bonds. The topological polar surface area (TPSA) is 34.9 Å². The Morgan fingerprint density at radius 1 is 1.28 bits per heavy atom. The number of aromatic nitrogens is 2. The summed E-state index contributed by atoms with van der Waals surface area (Å²) < 4.78 is 1.68. The fourth-order valence-electron chi connectivity index (χ4n) is 1.75. The van der Waals surface area contributed by atoms with Crippen molar-refractivity contribution in [1.29, 1.82) is 0 Å². The van der Waals surface area contributed by atoms with Crippen LogP contribution in [0.1, 0.15) is 23.0 Å². The Labute approximate surface area is 115 Å². The maximum absolute atomic E-state index is 12.1. The predicted octanol–water partition coefficient (Wildman–Crippen LogP) is 3.64. The van der Waals surface area contributed by atoms with Crippen molar-refractivity contribution in [2.24, 2.45) is 0 Å². The summed E-state index contributed by atoms with van der Waals surface area (Å²) in [7, 11) is 0. The number of nitrogens with zero attached hydrogens (tertiary/aromatic N) is 2. The summed E-state index contributed by atoms with van der Waals surface area (Å²) >= 11 is 11.8. The zero-order valence-corrected chi connectivity index (χ0v) is 11.4. The number of carbonyl (C=O) groups excluding carboxylic acids is 1. The molecule has 0 aliphatic heterocycles. The number of ketones is 1. The molecule has 1 heterocycles. The Balaban J connectivity index is 2.19. The lowest BCUT2D eigenvalue weighted by atomic mass is 10.1. The van der Waals surface area contributed by atoms with E-state index in [4.69, 9.17) is 23.2 Å². The molecule has 5 heteroatoms. The molecule has 18 heavy (non-hydrogen) atoms. The molecule has 94 valence electrons. The van der Waals surface area contributed by atoms with Gasteiger partial charge in [-0.25, -0.2) is 0 Å². The molecule has 0 saturated heterocycles. The first-order valence-corrected chi connectivity index (χ1v) is 6.36. The maximum atomic E-state index is 12.1. The van der Waals surface area contributed by atoms with E-state index in [2.05, 4.69) is 5.10 Å². The van der Waals surface area contributed by atoms with Gasteiger partial charge in [0.1, 0.15) is 5.69 Å². The highest BCUT2D eigenvalue weighted by Gasteiger charge is 2.12. The van der Waals surface area contributed by atoms with Crippen molar-refractivity contribution in [3.63, 3.8) is 0 Å². The Morgan fingerprint density at radius 2 is 2.06 bits per heavy atom. The fraction of sp³-hybridized carbons (Fsp3) is 0.231. The van der Waals surface area contributed by atoms with Gasteiger partial charge in [-0.1, -0.05) is 29.3 Å². The van der Waals surface area contributed by atoms with Crippen LogP contribution in [0.2, 0.25) is 10.0 Å². The minimum atomic E-state index is 0.0211. The van der Waals surface area contributed by atoms with Gasteiger partial charge >= 0.3 is 0 Å². The summed E-state index contributed by atoms with van der Waals surface area (Å²) in [5.74, 6) is 0.0211. The maximum Gasteiger partial charge on any atom is 0.185 e. The van der Waals surface area contributed by atoms with Crippen LogP contribution in [0.3, 0.4) is 0 Å². The zero-order valence-electron chi connectivity index (χ0n) is 9.86. The van der Waals surface area contributed by atoms with Gasteiger partial charge in [-0.3, -0.25) is 9.48 Å². The smallest absolute Gasteiger partial charge is 0.185 e. The molecule has 0 unspecified atom stereocenters. The van der Waals surface area contributed by atoms with Crippen molar-refractivity contribution in [3.05, 3.63) is 51.8 Å². The van der Waals surface area contributed by atoms with Crippen LogP contribution in [0.15, 0.2) is 30.5 Å². The molecule has 0 N–H and O–H groups in total. The number of carbonyl (C=O) groups is 1. The molecule has 0 aliphatic rings. The van der Waals surface area contributed by atoms with E-state index in [1.54, 1.807) is 35.1 Å². The van der Waals surface area contributed by atoms with Gasteiger partial charge in [0.25, 0.3) is 0 Å². The van der Waals surface area contributed by atoms with Crippen molar-refractivity contribution < 1.29 is 4.79 Å². The third kappa shape index (κ3) is 2.74. The number of hydrogen-bond donors (Lipinski definition) is 0. The van der Waals surface area contributed by atoms with Crippen molar-refractivity contribution in [1.82, 2.24) is 9.78 Å². The summed E-state index contributed by atoms with van der Waals surface area (Å²) in [5.41, 5.74) is 1.46. The normalized spacial score (nSPS) is 10.6. The number of rotatable bonds is 4. The molecule has 1 aromatic carbocycles. The van der Waals surface area contributed by atoms with E-state index in [0.29, 0.717) is 28.7 Å². The second-order valence-corrected chi connectivity index (χ2v) is 4.70. The average molecular weight is 283 g/mol. The van der Waals surface area contributed by atoms with Crippen LogP contribution in [0, 0.1) is 0 Å². The van der Waals surface area contributed by atoms with Crippen LogP contribution in [0.5, 0.6) is 0 Å².